The van der Waals surface area contributed by atoms with Crippen LogP contribution in [0.1, 0.15) is 44.6 Å². The Morgan fingerprint density at radius 1 is 1.31 bits per heavy atom. The van der Waals surface area contributed by atoms with Gasteiger partial charge in [0.2, 0.25) is 0 Å². The van der Waals surface area contributed by atoms with Gasteiger partial charge in [-0.3, -0.25) is 0 Å². The van der Waals surface area contributed by atoms with Crippen LogP contribution in [0.25, 0.3) is 0 Å². The summed E-state index contributed by atoms with van der Waals surface area (Å²) >= 11 is 6.18. The van der Waals surface area contributed by atoms with Gasteiger partial charge in [-0.2, -0.15) is 0 Å². The van der Waals surface area contributed by atoms with Gasteiger partial charge in [0.15, 0.2) is 0 Å². The van der Waals surface area contributed by atoms with E-state index in [0.717, 1.165) is 17.7 Å². The smallest absolute Gasteiger partial charge is 0.0280 e. The first kappa shape index (κ1) is 12.0. The molecule has 1 aromatic carbocycles. The van der Waals surface area contributed by atoms with Crippen LogP contribution < -0.4 is 0 Å². The zero-order valence-electron chi connectivity index (χ0n) is 10.2. The minimum absolute atomic E-state index is 0.344. The van der Waals surface area contributed by atoms with Crippen LogP contribution >= 0.6 is 11.6 Å². The summed E-state index contributed by atoms with van der Waals surface area (Å²) in [6.45, 7) is 4.61. The van der Waals surface area contributed by atoms with Crippen LogP contribution in [0.4, 0.5) is 0 Å². The summed E-state index contributed by atoms with van der Waals surface area (Å²) in [5, 5.41) is 0. The van der Waals surface area contributed by atoms with Crippen LogP contribution in [-0.4, -0.2) is 5.88 Å². The van der Waals surface area contributed by atoms with E-state index in [1.165, 1.54) is 24.8 Å². The lowest BCUT2D eigenvalue weighted by molar-refractivity contribution is 0.280. The van der Waals surface area contributed by atoms with E-state index in [1.807, 2.05) is 0 Å². The van der Waals surface area contributed by atoms with Crippen molar-refractivity contribution in [3.8, 4) is 0 Å². The van der Waals surface area contributed by atoms with E-state index >= 15 is 0 Å². The van der Waals surface area contributed by atoms with Crippen molar-refractivity contribution in [3.63, 3.8) is 0 Å². The second-order valence-corrected chi connectivity index (χ2v) is 5.66. The molecule has 0 N–H and O–H groups in total. The molecule has 2 rings (SSSR count). The second-order valence-electron chi connectivity index (χ2n) is 5.40. The third kappa shape index (κ3) is 2.27. The number of alkyl halides is 1. The number of hydrogen-bond donors (Lipinski definition) is 0. The van der Waals surface area contributed by atoms with Crippen LogP contribution in [0.15, 0.2) is 30.3 Å². The van der Waals surface area contributed by atoms with Crippen molar-refractivity contribution in [1.29, 1.82) is 0 Å². The van der Waals surface area contributed by atoms with E-state index in [-0.39, 0.29) is 0 Å². The molecule has 1 heteroatoms. The molecule has 0 aliphatic heterocycles. The van der Waals surface area contributed by atoms with Crippen molar-refractivity contribution in [2.75, 3.05) is 5.88 Å². The third-order valence-corrected chi connectivity index (χ3v) is 4.65. The van der Waals surface area contributed by atoms with Gasteiger partial charge in [-0.25, -0.2) is 0 Å². The first-order valence-electron chi connectivity index (χ1n) is 6.32. The molecular weight excluding hydrogens is 216 g/mol. The minimum Gasteiger partial charge on any atom is -0.126 e. The monoisotopic (exact) mass is 236 g/mol. The SMILES string of the molecule is CCCC(C)(CCl)C1CC1c1ccccc1. The summed E-state index contributed by atoms with van der Waals surface area (Å²) in [5.74, 6) is 2.36. The number of halogens is 1. The molecule has 0 heterocycles. The molecule has 0 radical (unpaired) electrons. The lowest BCUT2D eigenvalue weighted by Crippen LogP contribution is -2.21. The Morgan fingerprint density at radius 3 is 2.56 bits per heavy atom. The van der Waals surface area contributed by atoms with Gasteiger partial charge < -0.3 is 0 Å². The molecular formula is C15H21Cl. The van der Waals surface area contributed by atoms with E-state index in [4.69, 9.17) is 11.6 Å². The maximum absolute atomic E-state index is 6.18. The minimum atomic E-state index is 0.344. The molecule has 3 atom stereocenters. The zero-order valence-corrected chi connectivity index (χ0v) is 11.0. The van der Waals surface area contributed by atoms with Gasteiger partial charge in [0.25, 0.3) is 0 Å². The summed E-state index contributed by atoms with van der Waals surface area (Å²) < 4.78 is 0. The van der Waals surface area contributed by atoms with Crippen molar-refractivity contribution < 1.29 is 0 Å². The molecule has 1 aromatic rings. The highest BCUT2D eigenvalue weighted by atomic mass is 35.5. The standard InChI is InChI=1S/C15H21Cl/c1-3-9-15(2,11-16)14-10-13(14)12-7-5-4-6-8-12/h4-8,13-14H,3,9-11H2,1-2H3. The molecule has 1 fully saturated rings. The number of rotatable bonds is 5. The van der Waals surface area contributed by atoms with Gasteiger partial charge in [0.1, 0.15) is 0 Å². The van der Waals surface area contributed by atoms with Crippen LogP contribution in [0, 0.1) is 11.3 Å². The lowest BCUT2D eigenvalue weighted by atomic mass is 9.81. The highest BCUT2D eigenvalue weighted by Gasteiger charge is 2.49. The summed E-state index contributed by atoms with van der Waals surface area (Å²) in [6.07, 6.45) is 3.82. The summed E-state index contributed by atoms with van der Waals surface area (Å²) in [7, 11) is 0. The molecule has 3 unspecified atom stereocenters. The fourth-order valence-corrected chi connectivity index (χ4v) is 3.29. The van der Waals surface area contributed by atoms with Crippen molar-refractivity contribution >= 4 is 11.6 Å². The second kappa shape index (κ2) is 4.79. The third-order valence-electron chi connectivity index (χ3n) is 4.04. The molecule has 88 valence electrons. The Morgan fingerprint density at radius 2 is 2.00 bits per heavy atom. The van der Waals surface area contributed by atoms with E-state index in [0.29, 0.717) is 5.41 Å². The van der Waals surface area contributed by atoms with E-state index in [2.05, 4.69) is 44.2 Å². The first-order chi connectivity index (χ1) is 7.71. The zero-order chi connectivity index (χ0) is 11.6. The number of hydrogen-bond acceptors (Lipinski definition) is 0. The summed E-state index contributed by atoms with van der Waals surface area (Å²) in [6, 6.07) is 10.9. The Bertz CT molecular complexity index is 333. The van der Waals surface area contributed by atoms with E-state index in [9.17, 15) is 0 Å². The fourth-order valence-electron chi connectivity index (χ4n) is 2.96. The number of benzene rings is 1. The molecule has 0 amide bonds. The average molecular weight is 237 g/mol. The maximum Gasteiger partial charge on any atom is 0.0280 e. The largest absolute Gasteiger partial charge is 0.126 e. The van der Waals surface area contributed by atoms with Crippen molar-refractivity contribution in [2.24, 2.45) is 11.3 Å². The van der Waals surface area contributed by atoms with Gasteiger partial charge in [-0.1, -0.05) is 50.6 Å². The highest BCUT2D eigenvalue weighted by molar-refractivity contribution is 6.18. The first-order valence-corrected chi connectivity index (χ1v) is 6.85. The Kier molecular flexibility index (Phi) is 3.59. The van der Waals surface area contributed by atoms with Gasteiger partial charge in [-0.15, -0.1) is 11.6 Å². The van der Waals surface area contributed by atoms with E-state index in [1.54, 1.807) is 0 Å². The van der Waals surface area contributed by atoms with Crippen LogP contribution in [0.3, 0.4) is 0 Å². The van der Waals surface area contributed by atoms with Crippen LogP contribution in [0.5, 0.6) is 0 Å². The highest BCUT2D eigenvalue weighted by Crippen LogP contribution is 2.58. The molecule has 0 spiro atoms. The summed E-state index contributed by atoms with van der Waals surface area (Å²) in [4.78, 5) is 0. The Labute approximate surface area is 104 Å². The maximum atomic E-state index is 6.18. The van der Waals surface area contributed by atoms with Crippen LogP contribution in [0.2, 0.25) is 0 Å². The van der Waals surface area contributed by atoms with Gasteiger partial charge in [0.05, 0.1) is 0 Å². The molecule has 1 aliphatic carbocycles. The fraction of sp³-hybridized carbons (Fsp3) is 0.600. The molecule has 0 bridgehead atoms. The van der Waals surface area contributed by atoms with Gasteiger partial charge in [0, 0.05) is 5.88 Å². The molecule has 1 aliphatic rings. The average Bonchev–Trinajstić information content (AvgIpc) is 3.11. The normalized spacial score (nSPS) is 27.4. The Hall–Kier alpha value is -0.490. The quantitative estimate of drug-likeness (QED) is 0.642. The van der Waals surface area contributed by atoms with Crippen LogP contribution in [-0.2, 0) is 0 Å². The summed E-state index contributed by atoms with van der Waals surface area (Å²) in [5.41, 5.74) is 1.84. The molecule has 1 saturated carbocycles. The Balaban J connectivity index is 2.05. The van der Waals surface area contributed by atoms with Crippen molar-refractivity contribution in [3.05, 3.63) is 35.9 Å². The van der Waals surface area contributed by atoms with E-state index < -0.39 is 0 Å². The predicted molar refractivity (Wildman–Crippen MR) is 71.0 cm³/mol. The topological polar surface area (TPSA) is 0 Å². The predicted octanol–water partition coefficient (Wildman–Crippen LogP) is 4.84. The van der Waals surface area contributed by atoms with Crippen molar-refractivity contribution in [1.82, 2.24) is 0 Å². The lowest BCUT2D eigenvalue weighted by Gasteiger charge is -2.27. The van der Waals surface area contributed by atoms with Gasteiger partial charge >= 0.3 is 0 Å². The van der Waals surface area contributed by atoms with Gasteiger partial charge in [-0.05, 0) is 35.7 Å². The molecule has 0 saturated heterocycles. The molecule has 0 nitrogen and oxygen atoms in total. The van der Waals surface area contributed by atoms with Crippen molar-refractivity contribution in [2.45, 2.75) is 39.0 Å². The molecule has 16 heavy (non-hydrogen) atoms. The molecule has 0 aromatic heterocycles.